The third-order valence-corrected chi connectivity index (χ3v) is 6.53. The Hall–Kier alpha value is -4.06. The van der Waals surface area contributed by atoms with Crippen molar-refractivity contribution in [3.63, 3.8) is 0 Å². The molecular weight excluding hydrogens is 448 g/mol. The fraction of sp³-hybridized carbons (Fsp3) is 0.267. The molecule has 0 saturated heterocycles. The Morgan fingerprint density at radius 3 is 1.31 bits per heavy atom. The smallest absolute Gasteiger partial charge is 0.143 e. The highest BCUT2D eigenvalue weighted by Gasteiger charge is 2.25. The lowest BCUT2D eigenvalue weighted by molar-refractivity contribution is 0.474. The molecule has 5 aromatic rings. The Kier molecular flexibility index (Phi) is 5.43. The normalized spacial score (nSPS) is 12.4. The largest absolute Gasteiger partial charge is 0.506 e. The maximum Gasteiger partial charge on any atom is 0.143 e. The molecule has 0 spiro atoms. The molecule has 0 unspecified atom stereocenters. The zero-order valence-electron chi connectivity index (χ0n) is 21.5. The highest BCUT2D eigenvalue weighted by molar-refractivity contribution is 6.07. The van der Waals surface area contributed by atoms with E-state index in [0.29, 0.717) is 22.5 Å². The summed E-state index contributed by atoms with van der Waals surface area (Å²) in [5, 5.41) is 23.2. The van der Waals surface area contributed by atoms with E-state index in [1.165, 1.54) is 12.4 Å². The lowest BCUT2D eigenvalue weighted by atomic mass is 9.81. The molecule has 36 heavy (non-hydrogen) atoms. The lowest BCUT2D eigenvalue weighted by Crippen LogP contribution is -2.14. The first kappa shape index (κ1) is 23.7. The van der Waals surface area contributed by atoms with Crippen molar-refractivity contribution < 1.29 is 10.2 Å². The third-order valence-electron chi connectivity index (χ3n) is 6.53. The minimum Gasteiger partial charge on any atom is -0.506 e. The summed E-state index contributed by atoms with van der Waals surface area (Å²) in [6, 6.07) is 11.9. The number of nitrogens with zero attached hydrogens (tertiary/aromatic N) is 4. The second-order valence-electron chi connectivity index (χ2n) is 11.3. The molecular formula is C30H30N4O2. The third kappa shape index (κ3) is 4.02. The molecule has 182 valence electrons. The Morgan fingerprint density at radius 2 is 0.972 bits per heavy atom. The van der Waals surface area contributed by atoms with Crippen LogP contribution in [0.15, 0.2) is 61.2 Å². The highest BCUT2D eigenvalue weighted by Crippen LogP contribution is 2.41. The molecule has 5 rings (SSSR count). The van der Waals surface area contributed by atoms with Gasteiger partial charge < -0.3 is 10.2 Å². The number of aromatic hydroxyl groups is 2. The molecule has 4 heterocycles. The van der Waals surface area contributed by atoms with Gasteiger partial charge in [0.25, 0.3) is 0 Å². The van der Waals surface area contributed by atoms with Gasteiger partial charge in [-0.25, -0.2) is 9.97 Å². The summed E-state index contributed by atoms with van der Waals surface area (Å²) < 4.78 is 0. The van der Waals surface area contributed by atoms with Crippen LogP contribution in [0.4, 0.5) is 0 Å². The van der Waals surface area contributed by atoms with Crippen LogP contribution >= 0.6 is 0 Å². The van der Waals surface area contributed by atoms with Gasteiger partial charge in [-0.05, 0) is 46.2 Å². The monoisotopic (exact) mass is 478 g/mol. The Balaban J connectivity index is 1.96. The van der Waals surface area contributed by atoms with Gasteiger partial charge in [0.05, 0.1) is 34.8 Å². The predicted octanol–water partition coefficient (Wildman–Crippen LogP) is 6.91. The van der Waals surface area contributed by atoms with E-state index >= 15 is 0 Å². The maximum atomic E-state index is 10.6. The van der Waals surface area contributed by atoms with Crippen molar-refractivity contribution in [3.8, 4) is 34.0 Å². The van der Waals surface area contributed by atoms with E-state index in [2.05, 4.69) is 63.6 Å². The summed E-state index contributed by atoms with van der Waals surface area (Å²) in [6.45, 7) is 13.0. The Morgan fingerprint density at radius 1 is 0.583 bits per heavy atom. The van der Waals surface area contributed by atoms with Crippen molar-refractivity contribution >= 4 is 21.8 Å². The number of fused-ring (bicyclic) bond motifs is 3. The number of benzene rings is 1. The molecule has 0 atom stereocenters. The van der Waals surface area contributed by atoms with Crippen molar-refractivity contribution in [1.29, 1.82) is 0 Å². The summed E-state index contributed by atoms with van der Waals surface area (Å²) in [7, 11) is 0. The molecule has 0 aliphatic carbocycles. The summed E-state index contributed by atoms with van der Waals surface area (Å²) in [5.41, 5.74) is 5.93. The fourth-order valence-corrected chi connectivity index (χ4v) is 4.70. The first-order valence-corrected chi connectivity index (χ1v) is 12.0. The van der Waals surface area contributed by atoms with Crippen molar-refractivity contribution in [1.82, 2.24) is 19.9 Å². The van der Waals surface area contributed by atoms with Crippen LogP contribution in [0.3, 0.4) is 0 Å². The van der Waals surface area contributed by atoms with E-state index in [1.54, 1.807) is 24.5 Å². The zero-order chi connectivity index (χ0) is 25.8. The lowest BCUT2D eigenvalue weighted by Gasteiger charge is -2.25. The van der Waals surface area contributed by atoms with Crippen molar-refractivity contribution in [3.05, 3.63) is 72.3 Å². The van der Waals surface area contributed by atoms with Gasteiger partial charge in [0.1, 0.15) is 11.5 Å². The van der Waals surface area contributed by atoms with Gasteiger partial charge in [0.15, 0.2) is 0 Å². The summed E-state index contributed by atoms with van der Waals surface area (Å²) in [4.78, 5) is 18.2. The Labute approximate surface area is 210 Å². The van der Waals surface area contributed by atoms with Crippen LogP contribution in [-0.2, 0) is 10.8 Å². The van der Waals surface area contributed by atoms with Crippen LogP contribution in [0.5, 0.6) is 11.5 Å². The SMILES string of the molecule is CC(C)(C)c1cc(-c2ccncc2O)nc2c1ccc1c(C(C)(C)C)cc(-c3ccncc3O)nc12. The molecule has 6 nitrogen and oxygen atoms in total. The Bertz CT molecular complexity index is 1510. The van der Waals surface area contributed by atoms with Crippen molar-refractivity contribution in [2.75, 3.05) is 0 Å². The van der Waals surface area contributed by atoms with Gasteiger partial charge in [-0.15, -0.1) is 0 Å². The number of rotatable bonds is 2. The van der Waals surface area contributed by atoms with Crippen LogP contribution in [-0.4, -0.2) is 30.1 Å². The molecule has 0 amide bonds. The van der Waals surface area contributed by atoms with E-state index in [9.17, 15) is 10.2 Å². The second-order valence-corrected chi connectivity index (χ2v) is 11.3. The number of hydrogen-bond donors (Lipinski definition) is 2. The predicted molar refractivity (Wildman–Crippen MR) is 144 cm³/mol. The topological polar surface area (TPSA) is 92.0 Å². The second kappa shape index (κ2) is 8.26. The van der Waals surface area contributed by atoms with Crippen LogP contribution in [0.1, 0.15) is 52.7 Å². The number of aromatic nitrogens is 4. The quantitative estimate of drug-likeness (QED) is 0.268. The van der Waals surface area contributed by atoms with Crippen molar-refractivity contribution in [2.45, 2.75) is 52.4 Å². The fourth-order valence-electron chi connectivity index (χ4n) is 4.70. The molecule has 0 bridgehead atoms. The first-order chi connectivity index (χ1) is 16.9. The van der Waals surface area contributed by atoms with Crippen LogP contribution in [0, 0.1) is 0 Å². The van der Waals surface area contributed by atoms with Crippen LogP contribution < -0.4 is 0 Å². The van der Waals surface area contributed by atoms with Gasteiger partial charge in [0.2, 0.25) is 0 Å². The highest BCUT2D eigenvalue weighted by atomic mass is 16.3. The van der Waals surface area contributed by atoms with Gasteiger partial charge in [-0.3, -0.25) is 9.97 Å². The van der Waals surface area contributed by atoms with Crippen LogP contribution in [0.25, 0.3) is 44.3 Å². The van der Waals surface area contributed by atoms with E-state index < -0.39 is 0 Å². The van der Waals surface area contributed by atoms with Gasteiger partial charge in [-0.2, -0.15) is 0 Å². The number of pyridine rings is 4. The van der Waals surface area contributed by atoms with E-state index in [0.717, 1.165) is 32.9 Å². The summed E-state index contributed by atoms with van der Waals surface area (Å²) in [6.07, 6.45) is 6.17. The molecule has 0 aliphatic heterocycles. The number of hydrogen-bond acceptors (Lipinski definition) is 6. The average Bonchev–Trinajstić information content (AvgIpc) is 2.82. The molecule has 6 heteroatoms. The van der Waals surface area contributed by atoms with Crippen LogP contribution in [0.2, 0.25) is 0 Å². The molecule has 1 aromatic carbocycles. The van der Waals surface area contributed by atoms with E-state index in [4.69, 9.17) is 9.97 Å². The van der Waals surface area contributed by atoms with E-state index in [-0.39, 0.29) is 22.3 Å². The standard InChI is InChI=1S/C30H30N4O2/c1-29(2,3)21-13-23(19-9-11-31-15-25(19)35)33-27-17(21)7-8-18-22(30(4,5)6)14-24(34-28(18)27)20-10-12-32-16-26(20)36/h7-16,35-36H,1-6H3. The average molecular weight is 479 g/mol. The van der Waals surface area contributed by atoms with Gasteiger partial charge in [0, 0.05) is 34.3 Å². The van der Waals surface area contributed by atoms with Gasteiger partial charge >= 0.3 is 0 Å². The van der Waals surface area contributed by atoms with Gasteiger partial charge in [-0.1, -0.05) is 53.7 Å². The molecule has 0 radical (unpaired) electrons. The molecule has 0 fully saturated rings. The minimum atomic E-state index is -0.180. The molecule has 2 N–H and O–H groups in total. The summed E-state index contributed by atoms with van der Waals surface area (Å²) >= 11 is 0. The van der Waals surface area contributed by atoms with Crippen molar-refractivity contribution in [2.24, 2.45) is 0 Å². The molecule has 0 saturated carbocycles. The van der Waals surface area contributed by atoms with E-state index in [1.807, 2.05) is 12.1 Å². The zero-order valence-corrected chi connectivity index (χ0v) is 21.5. The maximum absolute atomic E-state index is 10.6. The summed E-state index contributed by atoms with van der Waals surface area (Å²) in [5.74, 6) is 0.158. The molecule has 0 aliphatic rings. The molecule has 4 aromatic heterocycles. The minimum absolute atomic E-state index is 0.0789. The first-order valence-electron chi connectivity index (χ1n) is 12.0.